The van der Waals surface area contributed by atoms with E-state index >= 15 is 0 Å². The molecule has 0 aliphatic carbocycles. The van der Waals surface area contributed by atoms with Crippen molar-refractivity contribution in [3.05, 3.63) is 48.0 Å². The van der Waals surface area contributed by atoms with Gasteiger partial charge in [-0.15, -0.1) is 0 Å². The van der Waals surface area contributed by atoms with E-state index in [0.717, 1.165) is 22.6 Å². The SMILES string of the molecule is O=Cc1cccc2ccccc12.O=S([O-])O. The summed E-state index contributed by atoms with van der Waals surface area (Å²) < 4.78 is 24.1. The molecule has 0 saturated carbocycles. The molecule has 0 saturated heterocycles. The van der Waals surface area contributed by atoms with Gasteiger partial charge in [-0.05, 0) is 10.8 Å². The minimum Gasteiger partial charge on any atom is -0.750 e. The quantitative estimate of drug-likeness (QED) is 0.607. The summed E-state index contributed by atoms with van der Waals surface area (Å²) in [6, 6.07) is 13.6. The average molecular weight is 237 g/mol. The van der Waals surface area contributed by atoms with Gasteiger partial charge in [0.2, 0.25) is 0 Å². The second-order valence-electron chi connectivity index (χ2n) is 2.90. The van der Waals surface area contributed by atoms with Crippen LogP contribution < -0.4 is 0 Å². The van der Waals surface area contributed by atoms with Crippen molar-refractivity contribution in [3.8, 4) is 0 Å². The van der Waals surface area contributed by atoms with E-state index in [1.165, 1.54) is 0 Å². The summed E-state index contributed by atoms with van der Waals surface area (Å²) in [5.41, 5.74) is 0.758. The van der Waals surface area contributed by atoms with E-state index in [4.69, 9.17) is 13.3 Å². The number of hydrogen-bond donors (Lipinski definition) is 1. The molecule has 2 rings (SSSR count). The van der Waals surface area contributed by atoms with Crippen LogP contribution in [0.4, 0.5) is 0 Å². The van der Waals surface area contributed by atoms with Crippen molar-refractivity contribution >= 4 is 28.4 Å². The molecule has 1 N–H and O–H groups in total. The Morgan fingerprint density at radius 1 is 1.12 bits per heavy atom. The van der Waals surface area contributed by atoms with Crippen LogP contribution in [0.15, 0.2) is 42.5 Å². The van der Waals surface area contributed by atoms with Crippen molar-refractivity contribution in [3.63, 3.8) is 0 Å². The molecule has 0 aliphatic heterocycles. The van der Waals surface area contributed by atoms with Crippen LogP contribution in [0.1, 0.15) is 10.4 Å². The lowest BCUT2D eigenvalue weighted by Gasteiger charge is -1.98. The van der Waals surface area contributed by atoms with Crippen LogP contribution in [0.5, 0.6) is 0 Å². The predicted octanol–water partition coefficient (Wildman–Crippen LogP) is 1.99. The second kappa shape index (κ2) is 6.12. The van der Waals surface area contributed by atoms with Gasteiger partial charge < -0.3 is 9.11 Å². The number of hydrogen-bond acceptors (Lipinski definition) is 3. The second-order valence-corrected chi connectivity index (χ2v) is 3.34. The predicted molar refractivity (Wildman–Crippen MR) is 60.9 cm³/mol. The fraction of sp³-hybridized carbons (Fsp3) is 0. The van der Waals surface area contributed by atoms with Crippen molar-refractivity contribution in [2.75, 3.05) is 0 Å². The van der Waals surface area contributed by atoms with Crippen molar-refractivity contribution in [1.29, 1.82) is 0 Å². The molecule has 0 radical (unpaired) electrons. The summed E-state index contributed by atoms with van der Waals surface area (Å²) in [4.78, 5) is 10.6. The van der Waals surface area contributed by atoms with Gasteiger partial charge in [0.25, 0.3) is 0 Å². The van der Waals surface area contributed by atoms with Crippen LogP contribution >= 0.6 is 0 Å². The van der Waals surface area contributed by atoms with E-state index in [1.54, 1.807) is 0 Å². The van der Waals surface area contributed by atoms with Crippen LogP contribution in [0.2, 0.25) is 0 Å². The molecule has 0 aromatic heterocycles. The standard InChI is InChI=1S/C11H8O.H2O3S/c12-8-10-6-3-5-9-4-1-2-7-11(9)10;1-4(2)3/h1-8H;(H2,1,2,3)/p-1. The highest BCUT2D eigenvalue weighted by molar-refractivity contribution is 7.73. The van der Waals surface area contributed by atoms with Crippen molar-refractivity contribution in [1.82, 2.24) is 0 Å². The number of aldehydes is 1. The van der Waals surface area contributed by atoms with E-state index in [0.29, 0.717) is 0 Å². The van der Waals surface area contributed by atoms with Gasteiger partial charge in [-0.25, -0.2) is 4.21 Å². The fourth-order valence-electron chi connectivity index (χ4n) is 1.35. The van der Waals surface area contributed by atoms with Crippen LogP contribution in [0.3, 0.4) is 0 Å². The lowest BCUT2D eigenvalue weighted by atomic mass is 10.1. The molecule has 2 aromatic rings. The van der Waals surface area contributed by atoms with Gasteiger partial charge in [0.15, 0.2) is 6.29 Å². The fourth-order valence-corrected chi connectivity index (χ4v) is 1.35. The summed E-state index contributed by atoms with van der Waals surface area (Å²) in [5.74, 6) is 0. The highest BCUT2D eigenvalue weighted by Gasteiger charge is 1.96. The molecule has 0 aliphatic rings. The number of benzene rings is 2. The minimum atomic E-state index is -2.86. The first-order valence-electron chi connectivity index (χ1n) is 4.36. The third-order valence-electron chi connectivity index (χ3n) is 1.95. The molecule has 0 spiro atoms. The Morgan fingerprint density at radius 2 is 1.69 bits per heavy atom. The molecule has 1 unspecified atom stereocenters. The van der Waals surface area contributed by atoms with Gasteiger partial charge >= 0.3 is 0 Å². The largest absolute Gasteiger partial charge is 0.750 e. The molecule has 0 heterocycles. The molecule has 16 heavy (non-hydrogen) atoms. The van der Waals surface area contributed by atoms with Gasteiger partial charge in [-0.2, -0.15) is 0 Å². The van der Waals surface area contributed by atoms with Gasteiger partial charge in [-0.1, -0.05) is 42.5 Å². The van der Waals surface area contributed by atoms with E-state index in [1.807, 2.05) is 42.5 Å². The lowest BCUT2D eigenvalue weighted by molar-refractivity contribution is 0.112. The molecule has 0 bridgehead atoms. The zero-order chi connectivity index (χ0) is 12.0. The normalized spacial score (nSPS) is 11.4. The number of carbonyl (C=O) groups excluding carboxylic acids is 1. The Hall–Kier alpha value is -1.56. The van der Waals surface area contributed by atoms with E-state index in [-0.39, 0.29) is 0 Å². The van der Waals surface area contributed by atoms with Gasteiger partial charge in [0, 0.05) is 5.56 Å². The maximum absolute atomic E-state index is 10.6. The number of carbonyl (C=O) groups is 1. The first kappa shape index (κ1) is 12.5. The van der Waals surface area contributed by atoms with Crippen LogP contribution in [-0.2, 0) is 11.4 Å². The Balaban J connectivity index is 0.000000280. The molecule has 0 fully saturated rings. The zero-order valence-corrected chi connectivity index (χ0v) is 9.02. The van der Waals surface area contributed by atoms with Crippen molar-refractivity contribution in [2.24, 2.45) is 0 Å². The Kier molecular flexibility index (Phi) is 4.78. The maximum Gasteiger partial charge on any atom is 0.150 e. The molecular formula is C11H9O4S-. The topological polar surface area (TPSA) is 77.4 Å². The van der Waals surface area contributed by atoms with Gasteiger partial charge in [0.05, 0.1) is 11.4 Å². The molecule has 4 nitrogen and oxygen atoms in total. The average Bonchev–Trinajstić information content (AvgIpc) is 2.27. The highest BCUT2D eigenvalue weighted by atomic mass is 32.2. The van der Waals surface area contributed by atoms with Crippen molar-refractivity contribution in [2.45, 2.75) is 0 Å². The van der Waals surface area contributed by atoms with Crippen molar-refractivity contribution < 1.29 is 18.1 Å². The number of fused-ring (bicyclic) bond motifs is 1. The first-order chi connectivity index (χ1) is 7.65. The van der Waals surface area contributed by atoms with Crippen LogP contribution in [-0.4, -0.2) is 19.6 Å². The van der Waals surface area contributed by atoms with Gasteiger partial charge in [-0.3, -0.25) is 4.79 Å². The maximum atomic E-state index is 10.6. The van der Waals surface area contributed by atoms with Gasteiger partial charge in [0.1, 0.15) is 0 Å². The highest BCUT2D eigenvalue weighted by Crippen LogP contribution is 2.16. The molecule has 0 amide bonds. The first-order valence-corrected chi connectivity index (χ1v) is 5.39. The minimum absolute atomic E-state index is 0.758. The molecule has 84 valence electrons. The summed E-state index contributed by atoms with van der Waals surface area (Å²) in [6.45, 7) is 0. The summed E-state index contributed by atoms with van der Waals surface area (Å²) >= 11 is -2.86. The van der Waals surface area contributed by atoms with Crippen LogP contribution in [0, 0.1) is 0 Å². The molecule has 5 heteroatoms. The Morgan fingerprint density at radius 3 is 2.31 bits per heavy atom. The third-order valence-corrected chi connectivity index (χ3v) is 1.95. The lowest BCUT2D eigenvalue weighted by Crippen LogP contribution is -1.81. The summed E-state index contributed by atoms with van der Waals surface area (Å²) in [5, 5.41) is 2.14. The smallest absolute Gasteiger partial charge is 0.150 e. The molecule has 2 aromatic carbocycles. The monoisotopic (exact) mass is 237 g/mol. The van der Waals surface area contributed by atoms with Crippen LogP contribution in [0.25, 0.3) is 10.8 Å². The molecule has 1 atom stereocenters. The third kappa shape index (κ3) is 3.54. The summed E-state index contributed by atoms with van der Waals surface area (Å²) in [7, 11) is 0. The Labute approximate surface area is 95.0 Å². The van der Waals surface area contributed by atoms with E-state index in [2.05, 4.69) is 0 Å². The molecular weight excluding hydrogens is 228 g/mol. The number of rotatable bonds is 1. The summed E-state index contributed by atoms with van der Waals surface area (Å²) in [6.07, 6.45) is 0.891. The Bertz CT molecular complexity index is 501. The van der Waals surface area contributed by atoms with E-state index in [9.17, 15) is 4.79 Å². The van der Waals surface area contributed by atoms with E-state index < -0.39 is 11.4 Å². The zero-order valence-electron chi connectivity index (χ0n) is 8.20.